The van der Waals surface area contributed by atoms with Crippen molar-refractivity contribution < 1.29 is 4.42 Å². The molecule has 0 radical (unpaired) electrons. The Balaban J connectivity index is 2.16. The van der Waals surface area contributed by atoms with Gasteiger partial charge in [-0.05, 0) is 24.1 Å². The minimum atomic E-state index is 0.459. The highest BCUT2D eigenvalue weighted by molar-refractivity contribution is 7.99. The van der Waals surface area contributed by atoms with Crippen LogP contribution in [0.2, 0.25) is 0 Å². The van der Waals surface area contributed by atoms with Gasteiger partial charge in [-0.15, -0.1) is 11.8 Å². The summed E-state index contributed by atoms with van der Waals surface area (Å²) in [5.74, 6) is 0.586. The molecule has 0 bridgehead atoms. The van der Waals surface area contributed by atoms with Crippen LogP contribution in [0.3, 0.4) is 0 Å². The molecule has 84 valence electrons. The second-order valence-electron chi connectivity index (χ2n) is 4.15. The number of furan rings is 1. The lowest BCUT2D eigenvalue weighted by Gasteiger charge is -2.18. The summed E-state index contributed by atoms with van der Waals surface area (Å²) in [6, 6.07) is 12.6. The maximum atomic E-state index is 5.17. The van der Waals surface area contributed by atoms with E-state index in [9.17, 15) is 0 Å². The first-order valence-electron chi connectivity index (χ1n) is 5.51. The fourth-order valence-corrected chi connectivity index (χ4v) is 2.82. The van der Waals surface area contributed by atoms with E-state index in [1.165, 1.54) is 10.5 Å². The van der Waals surface area contributed by atoms with Gasteiger partial charge in [0.25, 0.3) is 0 Å². The van der Waals surface area contributed by atoms with Crippen LogP contribution in [0.1, 0.15) is 24.7 Å². The summed E-state index contributed by atoms with van der Waals surface area (Å²) in [6.07, 6.45) is 3.59. The van der Waals surface area contributed by atoms with E-state index in [2.05, 4.69) is 44.2 Å². The summed E-state index contributed by atoms with van der Waals surface area (Å²) in [6.45, 7) is 4.49. The average Bonchev–Trinajstić information content (AvgIpc) is 2.80. The van der Waals surface area contributed by atoms with Gasteiger partial charge >= 0.3 is 0 Å². The smallest absolute Gasteiger partial charge is 0.0946 e. The summed E-state index contributed by atoms with van der Waals surface area (Å²) in [5, 5.41) is 0.459. The predicted molar refractivity (Wildman–Crippen MR) is 68.6 cm³/mol. The van der Waals surface area contributed by atoms with Crippen LogP contribution >= 0.6 is 11.8 Å². The van der Waals surface area contributed by atoms with Gasteiger partial charge in [-0.3, -0.25) is 0 Å². The van der Waals surface area contributed by atoms with Crippen LogP contribution in [0.25, 0.3) is 0 Å². The zero-order valence-electron chi connectivity index (χ0n) is 9.59. The quantitative estimate of drug-likeness (QED) is 0.704. The lowest BCUT2D eigenvalue weighted by molar-refractivity contribution is 0.555. The molecular formula is C14H16OS. The molecule has 0 aliphatic heterocycles. The molecule has 2 aromatic rings. The maximum Gasteiger partial charge on any atom is 0.0946 e. The van der Waals surface area contributed by atoms with Gasteiger partial charge in [0.15, 0.2) is 0 Å². The molecule has 1 atom stereocenters. The Morgan fingerprint density at radius 2 is 1.81 bits per heavy atom. The molecular weight excluding hydrogens is 216 g/mol. The zero-order chi connectivity index (χ0) is 11.4. The van der Waals surface area contributed by atoms with Gasteiger partial charge in [-0.2, -0.15) is 0 Å². The molecule has 0 N–H and O–H groups in total. The van der Waals surface area contributed by atoms with Crippen LogP contribution in [-0.4, -0.2) is 0 Å². The fourth-order valence-electron chi connectivity index (χ4n) is 1.67. The standard InChI is InChI=1S/C14H16OS/c1-11(2)14(12-8-9-15-10-12)16-13-6-4-3-5-7-13/h3-11,14H,1-2H3/t14-/m0/s1. The summed E-state index contributed by atoms with van der Waals surface area (Å²) >= 11 is 1.89. The predicted octanol–water partition coefficient (Wildman–Crippen LogP) is 4.77. The van der Waals surface area contributed by atoms with Crippen molar-refractivity contribution in [2.45, 2.75) is 24.0 Å². The maximum absolute atomic E-state index is 5.17. The molecule has 1 aromatic heterocycles. The topological polar surface area (TPSA) is 13.1 Å². The third-order valence-electron chi connectivity index (χ3n) is 2.48. The third kappa shape index (κ3) is 2.70. The van der Waals surface area contributed by atoms with Crippen LogP contribution in [0.15, 0.2) is 58.2 Å². The van der Waals surface area contributed by atoms with E-state index in [0.29, 0.717) is 11.2 Å². The van der Waals surface area contributed by atoms with Crippen molar-refractivity contribution in [1.82, 2.24) is 0 Å². The fraction of sp³-hybridized carbons (Fsp3) is 0.286. The minimum absolute atomic E-state index is 0.459. The average molecular weight is 232 g/mol. The largest absolute Gasteiger partial charge is 0.472 e. The zero-order valence-corrected chi connectivity index (χ0v) is 10.4. The number of benzene rings is 1. The Bertz CT molecular complexity index is 406. The van der Waals surface area contributed by atoms with Gasteiger partial charge in [0.2, 0.25) is 0 Å². The van der Waals surface area contributed by atoms with Crippen molar-refractivity contribution in [2.75, 3.05) is 0 Å². The Morgan fingerprint density at radius 1 is 1.06 bits per heavy atom. The molecule has 0 saturated carbocycles. The molecule has 0 fully saturated rings. The van der Waals surface area contributed by atoms with Crippen molar-refractivity contribution >= 4 is 11.8 Å². The third-order valence-corrected chi connectivity index (χ3v) is 4.10. The molecule has 2 heteroatoms. The molecule has 0 amide bonds. The van der Waals surface area contributed by atoms with Crippen molar-refractivity contribution in [3.05, 3.63) is 54.5 Å². The molecule has 0 saturated heterocycles. The van der Waals surface area contributed by atoms with Crippen LogP contribution in [0, 0.1) is 5.92 Å². The lowest BCUT2D eigenvalue weighted by atomic mass is 10.1. The van der Waals surface area contributed by atoms with E-state index < -0.39 is 0 Å². The van der Waals surface area contributed by atoms with E-state index in [1.54, 1.807) is 6.26 Å². The SMILES string of the molecule is CC(C)[C@H](Sc1ccccc1)c1ccoc1. The number of hydrogen-bond donors (Lipinski definition) is 0. The highest BCUT2D eigenvalue weighted by atomic mass is 32.2. The van der Waals surface area contributed by atoms with E-state index in [4.69, 9.17) is 4.42 Å². The highest BCUT2D eigenvalue weighted by Crippen LogP contribution is 2.40. The van der Waals surface area contributed by atoms with Crippen LogP contribution in [0.4, 0.5) is 0 Å². The van der Waals surface area contributed by atoms with Gasteiger partial charge in [0, 0.05) is 15.7 Å². The van der Waals surface area contributed by atoms with Crippen molar-refractivity contribution in [1.29, 1.82) is 0 Å². The summed E-state index contributed by atoms with van der Waals surface area (Å²) in [7, 11) is 0. The van der Waals surface area contributed by atoms with E-state index >= 15 is 0 Å². The summed E-state index contributed by atoms with van der Waals surface area (Å²) < 4.78 is 5.17. The normalized spacial score (nSPS) is 12.9. The molecule has 0 unspecified atom stereocenters. The Kier molecular flexibility index (Phi) is 3.73. The van der Waals surface area contributed by atoms with E-state index in [1.807, 2.05) is 24.1 Å². The lowest BCUT2D eigenvalue weighted by Crippen LogP contribution is -2.01. The Labute approximate surface area is 101 Å². The van der Waals surface area contributed by atoms with Crippen LogP contribution in [-0.2, 0) is 0 Å². The first kappa shape index (κ1) is 11.3. The van der Waals surface area contributed by atoms with Gasteiger partial charge in [-0.1, -0.05) is 32.0 Å². The number of hydrogen-bond acceptors (Lipinski definition) is 2. The van der Waals surface area contributed by atoms with Gasteiger partial charge < -0.3 is 4.42 Å². The summed E-state index contributed by atoms with van der Waals surface area (Å²) in [5.41, 5.74) is 1.27. The number of thioether (sulfide) groups is 1. The highest BCUT2D eigenvalue weighted by Gasteiger charge is 2.18. The first-order valence-corrected chi connectivity index (χ1v) is 6.39. The van der Waals surface area contributed by atoms with Gasteiger partial charge in [0.05, 0.1) is 12.5 Å². The number of rotatable bonds is 4. The Hall–Kier alpha value is -1.15. The molecule has 0 aliphatic rings. The molecule has 0 spiro atoms. The molecule has 16 heavy (non-hydrogen) atoms. The minimum Gasteiger partial charge on any atom is -0.472 e. The second-order valence-corrected chi connectivity index (χ2v) is 5.37. The van der Waals surface area contributed by atoms with E-state index in [0.717, 1.165) is 0 Å². The first-order chi connectivity index (χ1) is 7.77. The molecule has 1 heterocycles. The molecule has 0 aliphatic carbocycles. The molecule has 1 aromatic carbocycles. The van der Waals surface area contributed by atoms with Gasteiger partial charge in [-0.25, -0.2) is 0 Å². The van der Waals surface area contributed by atoms with E-state index in [-0.39, 0.29) is 0 Å². The van der Waals surface area contributed by atoms with Crippen molar-refractivity contribution in [3.63, 3.8) is 0 Å². The van der Waals surface area contributed by atoms with Crippen LogP contribution < -0.4 is 0 Å². The monoisotopic (exact) mass is 232 g/mol. The Morgan fingerprint density at radius 3 is 2.38 bits per heavy atom. The second kappa shape index (κ2) is 5.26. The van der Waals surface area contributed by atoms with Crippen molar-refractivity contribution in [2.24, 2.45) is 5.92 Å². The molecule has 1 nitrogen and oxygen atoms in total. The molecule has 2 rings (SSSR count). The van der Waals surface area contributed by atoms with Gasteiger partial charge in [0.1, 0.15) is 0 Å². The van der Waals surface area contributed by atoms with Crippen LogP contribution in [0.5, 0.6) is 0 Å². The summed E-state index contributed by atoms with van der Waals surface area (Å²) in [4.78, 5) is 1.31. The van der Waals surface area contributed by atoms with Crippen molar-refractivity contribution in [3.8, 4) is 0 Å².